The molecular weight excluding hydrogens is 232 g/mol. The summed E-state index contributed by atoms with van der Waals surface area (Å²) in [6, 6.07) is 5.76. The summed E-state index contributed by atoms with van der Waals surface area (Å²) in [6.45, 7) is 0. The van der Waals surface area contributed by atoms with Gasteiger partial charge in [-0.2, -0.15) is 0 Å². The van der Waals surface area contributed by atoms with Gasteiger partial charge in [0.2, 0.25) is 0 Å². The summed E-state index contributed by atoms with van der Waals surface area (Å²) in [6.07, 6.45) is 2.09. The summed E-state index contributed by atoms with van der Waals surface area (Å²) < 4.78 is 10.6. The van der Waals surface area contributed by atoms with Crippen LogP contribution in [0.25, 0.3) is 0 Å². The third kappa shape index (κ3) is 2.58. The fourth-order valence-electron chi connectivity index (χ4n) is 2.56. The molecule has 0 unspecified atom stereocenters. The fraction of sp³-hybridized carbons (Fsp3) is 0.500. The van der Waals surface area contributed by atoms with Crippen molar-refractivity contribution in [3.63, 3.8) is 0 Å². The number of ether oxygens (including phenoxy) is 2. The molecule has 1 aliphatic carbocycles. The average Bonchev–Trinajstić information content (AvgIpc) is 2.32. The van der Waals surface area contributed by atoms with Crippen molar-refractivity contribution >= 4 is 5.97 Å². The van der Waals surface area contributed by atoms with Crippen LogP contribution in [0.2, 0.25) is 0 Å². The van der Waals surface area contributed by atoms with E-state index in [0.717, 1.165) is 29.9 Å². The SMILES string of the molecule is COc1ccc(OC)c(C2CC(CC(=O)O)C2)c1. The molecule has 18 heavy (non-hydrogen) atoms. The van der Waals surface area contributed by atoms with Gasteiger partial charge in [-0.25, -0.2) is 0 Å². The van der Waals surface area contributed by atoms with E-state index in [2.05, 4.69) is 0 Å². The van der Waals surface area contributed by atoms with Gasteiger partial charge in [0.25, 0.3) is 0 Å². The van der Waals surface area contributed by atoms with E-state index in [9.17, 15) is 4.79 Å². The molecule has 0 bridgehead atoms. The zero-order chi connectivity index (χ0) is 13.1. The van der Waals surface area contributed by atoms with Crippen LogP contribution < -0.4 is 9.47 Å². The van der Waals surface area contributed by atoms with Crippen molar-refractivity contribution < 1.29 is 19.4 Å². The number of rotatable bonds is 5. The number of carbonyl (C=O) groups is 1. The second-order valence-corrected chi connectivity index (χ2v) is 4.74. The van der Waals surface area contributed by atoms with Crippen molar-refractivity contribution in [2.24, 2.45) is 5.92 Å². The first kappa shape index (κ1) is 12.7. The topological polar surface area (TPSA) is 55.8 Å². The summed E-state index contributed by atoms with van der Waals surface area (Å²) in [4.78, 5) is 10.6. The van der Waals surface area contributed by atoms with Gasteiger partial charge in [0.15, 0.2) is 0 Å². The van der Waals surface area contributed by atoms with E-state index in [1.165, 1.54) is 0 Å². The van der Waals surface area contributed by atoms with Gasteiger partial charge >= 0.3 is 5.97 Å². The van der Waals surface area contributed by atoms with Gasteiger partial charge in [-0.05, 0) is 42.9 Å². The molecule has 0 saturated heterocycles. The first-order chi connectivity index (χ1) is 8.63. The Hall–Kier alpha value is -1.71. The third-order valence-electron chi connectivity index (χ3n) is 3.58. The molecule has 4 nitrogen and oxygen atoms in total. The predicted molar refractivity (Wildman–Crippen MR) is 67.3 cm³/mol. The molecule has 98 valence electrons. The molecule has 0 heterocycles. The zero-order valence-electron chi connectivity index (χ0n) is 10.7. The molecule has 0 radical (unpaired) electrons. The van der Waals surface area contributed by atoms with Crippen molar-refractivity contribution in [3.05, 3.63) is 23.8 Å². The predicted octanol–water partition coefficient (Wildman–Crippen LogP) is 2.67. The van der Waals surface area contributed by atoms with Crippen LogP contribution in [-0.2, 0) is 4.79 Å². The Balaban J connectivity index is 2.07. The van der Waals surface area contributed by atoms with Crippen LogP contribution in [0.4, 0.5) is 0 Å². The van der Waals surface area contributed by atoms with E-state index >= 15 is 0 Å². The maximum atomic E-state index is 10.6. The standard InChI is InChI=1S/C14H18O4/c1-17-11-3-4-13(18-2)12(8-11)10-5-9(6-10)7-14(15)16/h3-4,8-10H,5-7H2,1-2H3,(H,15,16). The highest BCUT2D eigenvalue weighted by Crippen LogP contribution is 2.47. The molecule has 2 rings (SSSR count). The number of carboxylic acid groups (broad SMARTS) is 1. The van der Waals surface area contributed by atoms with E-state index in [-0.39, 0.29) is 6.42 Å². The van der Waals surface area contributed by atoms with Crippen LogP contribution >= 0.6 is 0 Å². The minimum Gasteiger partial charge on any atom is -0.497 e. The molecule has 1 aliphatic rings. The summed E-state index contributed by atoms with van der Waals surface area (Å²) in [5.74, 6) is 1.64. The highest BCUT2D eigenvalue weighted by Gasteiger charge is 2.33. The van der Waals surface area contributed by atoms with Crippen LogP contribution in [0.1, 0.15) is 30.7 Å². The lowest BCUT2D eigenvalue weighted by Crippen LogP contribution is -2.24. The van der Waals surface area contributed by atoms with Crippen LogP contribution in [-0.4, -0.2) is 25.3 Å². The van der Waals surface area contributed by atoms with E-state index in [0.29, 0.717) is 11.8 Å². The molecular formula is C14H18O4. The Morgan fingerprint density at radius 1 is 1.33 bits per heavy atom. The highest BCUT2D eigenvalue weighted by molar-refractivity contribution is 5.67. The monoisotopic (exact) mass is 250 g/mol. The molecule has 1 fully saturated rings. The summed E-state index contributed by atoms with van der Waals surface area (Å²) in [5, 5.41) is 8.74. The van der Waals surface area contributed by atoms with Crippen LogP contribution in [0.15, 0.2) is 18.2 Å². The summed E-state index contributed by atoms with van der Waals surface area (Å²) in [5.41, 5.74) is 1.12. The maximum absolute atomic E-state index is 10.6. The Morgan fingerprint density at radius 2 is 2.06 bits per heavy atom. The summed E-state index contributed by atoms with van der Waals surface area (Å²) in [7, 11) is 3.29. The van der Waals surface area contributed by atoms with Crippen molar-refractivity contribution in [1.29, 1.82) is 0 Å². The maximum Gasteiger partial charge on any atom is 0.303 e. The number of hydrogen-bond donors (Lipinski definition) is 1. The van der Waals surface area contributed by atoms with Gasteiger partial charge in [0.1, 0.15) is 11.5 Å². The molecule has 1 saturated carbocycles. The van der Waals surface area contributed by atoms with Crippen LogP contribution in [0.5, 0.6) is 11.5 Å². The van der Waals surface area contributed by atoms with Gasteiger partial charge in [0.05, 0.1) is 14.2 Å². The Morgan fingerprint density at radius 3 is 2.61 bits per heavy atom. The number of hydrogen-bond acceptors (Lipinski definition) is 3. The Labute approximate surface area is 107 Å². The molecule has 1 aromatic rings. The lowest BCUT2D eigenvalue weighted by molar-refractivity contribution is -0.138. The largest absolute Gasteiger partial charge is 0.497 e. The number of aliphatic carboxylic acids is 1. The molecule has 1 aromatic carbocycles. The van der Waals surface area contributed by atoms with E-state index in [1.807, 2.05) is 18.2 Å². The van der Waals surface area contributed by atoms with Gasteiger partial charge in [-0.15, -0.1) is 0 Å². The minimum atomic E-state index is -0.712. The van der Waals surface area contributed by atoms with E-state index in [1.54, 1.807) is 14.2 Å². The molecule has 0 aromatic heterocycles. The quantitative estimate of drug-likeness (QED) is 0.872. The van der Waals surface area contributed by atoms with Gasteiger partial charge in [0, 0.05) is 12.0 Å². The van der Waals surface area contributed by atoms with Crippen LogP contribution in [0, 0.1) is 5.92 Å². The first-order valence-electron chi connectivity index (χ1n) is 6.07. The molecule has 0 atom stereocenters. The zero-order valence-corrected chi connectivity index (χ0v) is 10.7. The number of carboxylic acids is 1. The lowest BCUT2D eigenvalue weighted by Gasteiger charge is -2.35. The second kappa shape index (κ2) is 5.29. The van der Waals surface area contributed by atoms with Gasteiger partial charge in [-0.3, -0.25) is 4.79 Å². The number of benzene rings is 1. The lowest BCUT2D eigenvalue weighted by atomic mass is 9.70. The average molecular weight is 250 g/mol. The molecule has 0 amide bonds. The second-order valence-electron chi connectivity index (χ2n) is 4.74. The van der Waals surface area contributed by atoms with Crippen molar-refractivity contribution in [2.45, 2.75) is 25.2 Å². The smallest absolute Gasteiger partial charge is 0.303 e. The summed E-state index contributed by atoms with van der Waals surface area (Å²) >= 11 is 0. The minimum absolute atomic E-state index is 0.267. The normalized spacial score (nSPS) is 22.1. The van der Waals surface area contributed by atoms with Crippen molar-refractivity contribution in [2.75, 3.05) is 14.2 Å². The molecule has 0 spiro atoms. The molecule has 0 aliphatic heterocycles. The fourth-order valence-corrected chi connectivity index (χ4v) is 2.56. The van der Waals surface area contributed by atoms with Gasteiger partial charge in [-0.1, -0.05) is 0 Å². The highest BCUT2D eigenvalue weighted by atomic mass is 16.5. The van der Waals surface area contributed by atoms with Crippen LogP contribution in [0.3, 0.4) is 0 Å². The molecule has 1 N–H and O–H groups in total. The Bertz CT molecular complexity index is 435. The van der Waals surface area contributed by atoms with Gasteiger partial charge < -0.3 is 14.6 Å². The molecule has 4 heteroatoms. The Kier molecular flexibility index (Phi) is 3.75. The van der Waals surface area contributed by atoms with E-state index < -0.39 is 5.97 Å². The van der Waals surface area contributed by atoms with Crippen molar-refractivity contribution in [3.8, 4) is 11.5 Å². The number of methoxy groups -OCH3 is 2. The van der Waals surface area contributed by atoms with E-state index in [4.69, 9.17) is 14.6 Å². The third-order valence-corrected chi connectivity index (χ3v) is 3.58. The van der Waals surface area contributed by atoms with Crippen molar-refractivity contribution in [1.82, 2.24) is 0 Å². The first-order valence-corrected chi connectivity index (χ1v) is 6.07.